The van der Waals surface area contributed by atoms with Crippen LogP contribution in [0.3, 0.4) is 0 Å². The van der Waals surface area contributed by atoms with Crippen molar-refractivity contribution in [2.24, 2.45) is 0 Å². The van der Waals surface area contributed by atoms with Gasteiger partial charge in [-0.15, -0.1) is 0 Å². The Morgan fingerprint density at radius 1 is 0.404 bits per heavy atom. The highest BCUT2D eigenvalue weighted by Gasteiger charge is 2.30. The average molecular weight is 1270 g/mol. The molecule has 3 unspecified atom stereocenters. The number of unbranched alkanes of at least 4 members (excludes halogenated alkanes) is 41. The molecule has 0 aliphatic carbocycles. The van der Waals surface area contributed by atoms with Gasteiger partial charge < -0.3 is 19.4 Å². The Bertz CT molecular complexity index is 1800. The van der Waals surface area contributed by atoms with Crippen LogP contribution in [0.2, 0.25) is 0 Å². The van der Waals surface area contributed by atoms with E-state index in [0.717, 1.165) is 122 Å². The highest BCUT2D eigenvalue weighted by atomic mass is 31.2. The summed E-state index contributed by atoms with van der Waals surface area (Å²) in [6, 6.07) is -0.858. The normalized spacial score (nSPS) is 13.9. The van der Waals surface area contributed by atoms with Crippen LogP contribution in [0, 0.1) is 0 Å². The van der Waals surface area contributed by atoms with Crippen molar-refractivity contribution in [1.29, 1.82) is 0 Å². The molecule has 0 fully saturated rings. The molecule has 2 N–H and O–H groups in total. The van der Waals surface area contributed by atoms with E-state index >= 15 is 0 Å². The molecule has 0 radical (unpaired) electrons. The lowest BCUT2D eigenvalue weighted by atomic mass is 10.0. The number of amides is 1. The summed E-state index contributed by atoms with van der Waals surface area (Å²) in [5.74, 6) is -0.511. The number of carbonyl (C=O) groups is 2. The first-order chi connectivity index (χ1) is 43.4. The smallest absolute Gasteiger partial charge is 0.456 e. The predicted molar refractivity (Wildman–Crippen MR) is 388 cm³/mol. The molecule has 89 heavy (non-hydrogen) atoms. The number of ether oxygens (including phenoxy) is 1. The number of hydrogen-bond donors (Lipinski definition) is 2. The highest BCUT2D eigenvalue weighted by molar-refractivity contribution is 7.47. The standard InChI is InChI=1S/C79H145N2O7P/c1-7-10-13-16-19-22-25-27-29-31-33-35-37-39-40-42-43-45-47-49-51-53-56-59-62-65-68-71-78(82)80-76(75-87-89(84,85)86-74-73-81(4,5)6)77(70-67-64-61-58-55-24-21-18-15-12-9-3)88-79(83)72-69-66-63-60-57-54-52-50-48-46-44-41-38-36-34-32-30-28-26-23-20-17-14-11-8-2/h11,14,20,23,28,30,34,36,41,44,48,50,67,70,76-77H,7-10,12-13,15-19,21-22,24-27,29,31-33,35,37-40,42-43,45-47,49,51-66,68-69,71-75H2,1-6H3,(H-,80,82,84,85)/p+1/b14-11-,23-20-,30-28-,36-34-,44-41-,50-48-,70-67+. The minimum Gasteiger partial charge on any atom is -0.456 e. The zero-order valence-corrected chi connectivity index (χ0v) is 60.3. The van der Waals surface area contributed by atoms with Gasteiger partial charge in [-0.25, -0.2) is 4.57 Å². The Morgan fingerprint density at radius 2 is 0.719 bits per heavy atom. The maximum absolute atomic E-state index is 13.6. The molecule has 1 amide bonds. The summed E-state index contributed by atoms with van der Waals surface area (Å²) in [5, 5.41) is 3.07. The molecule has 0 aromatic rings. The Balaban J connectivity index is 4.96. The minimum atomic E-state index is -4.46. The van der Waals surface area contributed by atoms with Crippen LogP contribution in [0.1, 0.15) is 355 Å². The first-order valence-corrected chi connectivity index (χ1v) is 39.4. The fraction of sp³-hybridized carbons (Fsp3) is 0.797. The molecule has 518 valence electrons. The van der Waals surface area contributed by atoms with Crippen molar-refractivity contribution in [2.45, 2.75) is 367 Å². The first kappa shape index (κ1) is 86.2. The lowest BCUT2D eigenvalue weighted by molar-refractivity contribution is -0.870. The fourth-order valence-electron chi connectivity index (χ4n) is 11.1. The lowest BCUT2D eigenvalue weighted by Gasteiger charge is -2.27. The maximum atomic E-state index is 13.6. The van der Waals surface area contributed by atoms with Crippen molar-refractivity contribution in [3.8, 4) is 0 Å². The van der Waals surface area contributed by atoms with Crippen LogP contribution >= 0.6 is 7.82 Å². The van der Waals surface area contributed by atoms with Crippen LogP contribution in [0.5, 0.6) is 0 Å². The summed E-state index contributed by atoms with van der Waals surface area (Å²) in [6.07, 6.45) is 91.9. The summed E-state index contributed by atoms with van der Waals surface area (Å²) >= 11 is 0. The summed E-state index contributed by atoms with van der Waals surface area (Å²) in [4.78, 5) is 37.9. The van der Waals surface area contributed by atoms with Crippen LogP contribution in [-0.4, -0.2) is 74.3 Å². The van der Waals surface area contributed by atoms with Gasteiger partial charge in [-0.05, 0) is 83.1 Å². The van der Waals surface area contributed by atoms with Gasteiger partial charge in [0.1, 0.15) is 19.3 Å². The molecule has 3 atom stereocenters. The second-order valence-electron chi connectivity index (χ2n) is 26.8. The van der Waals surface area contributed by atoms with Crippen molar-refractivity contribution < 1.29 is 37.3 Å². The van der Waals surface area contributed by atoms with Gasteiger partial charge in [0, 0.05) is 12.8 Å². The third kappa shape index (κ3) is 69.4. The number of phosphoric ester groups is 1. The van der Waals surface area contributed by atoms with Crippen molar-refractivity contribution >= 4 is 19.7 Å². The SMILES string of the molecule is CC/C=C\C/C=C\C/C=C\C/C=C\C/C=C\C/C=C\CCCCCCCCC(=O)OC(/C=C/CCCCCCCCCCC)C(COP(=O)(O)OCC[N+](C)(C)C)NC(=O)CCCCCCCCCCCCCCCCCCCCCCCCCCCCC. The molecule has 0 saturated heterocycles. The number of carbonyl (C=O) groups excluding carboxylic acids is 2. The highest BCUT2D eigenvalue weighted by Crippen LogP contribution is 2.43. The maximum Gasteiger partial charge on any atom is 0.472 e. The molecular weight excluding hydrogens is 1120 g/mol. The zero-order chi connectivity index (χ0) is 64.9. The van der Waals surface area contributed by atoms with Gasteiger partial charge in [-0.1, -0.05) is 344 Å². The third-order valence-corrected chi connectivity index (χ3v) is 17.8. The second kappa shape index (κ2) is 68.1. The molecule has 0 spiro atoms. The summed E-state index contributed by atoms with van der Waals surface area (Å²) in [6.45, 7) is 6.93. The Labute approximate surface area is 552 Å². The third-order valence-electron chi connectivity index (χ3n) is 16.8. The molecule has 0 aliphatic heterocycles. The van der Waals surface area contributed by atoms with Gasteiger partial charge in [-0.2, -0.15) is 0 Å². The zero-order valence-electron chi connectivity index (χ0n) is 59.4. The summed E-state index contributed by atoms with van der Waals surface area (Å²) in [7, 11) is 1.49. The molecular formula is C79H146N2O7P+. The number of nitrogens with one attached hydrogen (secondary N) is 1. The molecule has 0 saturated carbocycles. The Hall–Kier alpha value is -2.81. The van der Waals surface area contributed by atoms with Gasteiger partial charge >= 0.3 is 13.8 Å². The van der Waals surface area contributed by atoms with Crippen molar-refractivity contribution in [1.82, 2.24) is 5.32 Å². The van der Waals surface area contributed by atoms with Crippen molar-refractivity contribution in [3.63, 3.8) is 0 Å². The molecule has 0 aromatic heterocycles. The van der Waals surface area contributed by atoms with E-state index in [-0.39, 0.29) is 31.5 Å². The number of nitrogens with zero attached hydrogens (tertiary/aromatic N) is 1. The molecule has 9 nitrogen and oxygen atoms in total. The van der Waals surface area contributed by atoms with E-state index in [1.165, 1.54) is 199 Å². The molecule has 0 heterocycles. The molecule has 10 heteroatoms. The van der Waals surface area contributed by atoms with Crippen LogP contribution in [0.4, 0.5) is 0 Å². The second-order valence-corrected chi connectivity index (χ2v) is 28.3. The number of esters is 1. The number of likely N-dealkylation sites (N-methyl/N-ethyl adjacent to an activating group) is 1. The van der Waals surface area contributed by atoms with Crippen molar-refractivity contribution in [3.05, 3.63) is 85.1 Å². The van der Waals surface area contributed by atoms with Gasteiger partial charge in [0.05, 0.1) is 33.8 Å². The van der Waals surface area contributed by atoms with Crippen LogP contribution < -0.4 is 5.32 Å². The number of allylic oxidation sites excluding steroid dienone is 13. The van der Waals surface area contributed by atoms with E-state index in [0.29, 0.717) is 17.4 Å². The summed E-state index contributed by atoms with van der Waals surface area (Å²) in [5.41, 5.74) is 0. The molecule has 0 rings (SSSR count). The molecule has 0 aliphatic rings. The monoisotopic (exact) mass is 1270 g/mol. The van der Waals surface area contributed by atoms with E-state index in [4.69, 9.17) is 13.8 Å². The topological polar surface area (TPSA) is 111 Å². The van der Waals surface area contributed by atoms with E-state index in [1.807, 2.05) is 33.3 Å². The van der Waals surface area contributed by atoms with E-state index in [2.05, 4.69) is 99.0 Å². The van der Waals surface area contributed by atoms with Gasteiger partial charge in [0.25, 0.3) is 0 Å². The first-order valence-electron chi connectivity index (χ1n) is 37.9. The lowest BCUT2D eigenvalue weighted by Crippen LogP contribution is -2.47. The van der Waals surface area contributed by atoms with E-state index < -0.39 is 20.0 Å². The van der Waals surface area contributed by atoms with Gasteiger partial charge in [0.2, 0.25) is 5.91 Å². The number of quaternary nitrogens is 1. The molecule has 0 bridgehead atoms. The molecule has 0 aromatic carbocycles. The van der Waals surface area contributed by atoms with E-state index in [9.17, 15) is 19.0 Å². The minimum absolute atomic E-state index is 0.0362. The van der Waals surface area contributed by atoms with Crippen LogP contribution in [-0.2, 0) is 27.9 Å². The number of phosphoric acid groups is 1. The Morgan fingerprint density at radius 3 is 1.08 bits per heavy atom. The Kier molecular flexibility index (Phi) is 65.9. The summed E-state index contributed by atoms with van der Waals surface area (Å²) < 4.78 is 30.8. The quantitative estimate of drug-likeness (QED) is 0.0205. The average Bonchev–Trinajstić information content (AvgIpc) is 3.64. The van der Waals surface area contributed by atoms with Crippen molar-refractivity contribution in [2.75, 3.05) is 40.9 Å². The van der Waals surface area contributed by atoms with E-state index in [1.54, 1.807) is 0 Å². The van der Waals surface area contributed by atoms with Gasteiger partial charge in [-0.3, -0.25) is 18.6 Å². The van der Waals surface area contributed by atoms with Crippen LogP contribution in [0.15, 0.2) is 85.1 Å². The van der Waals surface area contributed by atoms with Gasteiger partial charge in [0.15, 0.2) is 0 Å². The van der Waals surface area contributed by atoms with Crippen LogP contribution in [0.25, 0.3) is 0 Å². The largest absolute Gasteiger partial charge is 0.472 e. The predicted octanol–water partition coefficient (Wildman–Crippen LogP) is 24.5. The number of hydrogen-bond acceptors (Lipinski definition) is 6. The fourth-order valence-corrected chi connectivity index (χ4v) is 11.8. The number of rotatable bonds is 69.